The highest BCUT2D eigenvalue weighted by Gasteiger charge is 2.41. The molecule has 2 atom stereocenters. The fourth-order valence-corrected chi connectivity index (χ4v) is 5.09. The molecule has 0 saturated heterocycles. The van der Waals surface area contributed by atoms with E-state index in [1.54, 1.807) is 14.2 Å². The maximum Gasteiger partial charge on any atom is 0.336 e. The van der Waals surface area contributed by atoms with Crippen LogP contribution in [0.3, 0.4) is 0 Å². The minimum Gasteiger partial charge on any atom is -0.493 e. The molecule has 1 aliphatic heterocycles. The summed E-state index contributed by atoms with van der Waals surface area (Å²) in [7, 11) is 3.14. The van der Waals surface area contributed by atoms with Crippen molar-refractivity contribution in [3.63, 3.8) is 0 Å². The van der Waals surface area contributed by atoms with E-state index in [9.17, 15) is 9.59 Å². The summed E-state index contributed by atoms with van der Waals surface area (Å²) < 4.78 is 22.0. The van der Waals surface area contributed by atoms with Gasteiger partial charge in [-0.05, 0) is 48.9 Å². The molecular formula is C30H35NO6. The zero-order valence-electron chi connectivity index (χ0n) is 22.0. The molecule has 2 aromatic carbocycles. The number of methoxy groups -OCH3 is 2. The SMILES string of the molecule is CCCOc1ccc(C2C(C(=O)OCCOC)=C(C)NC3=C2C(=O)CC(c2ccccc2)C3)cc1OC. The molecule has 0 spiro atoms. The average Bonchev–Trinajstić information content (AvgIpc) is 2.91. The minimum atomic E-state index is -0.579. The summed E-state index contributed by atoms with van der Waals surface area (Å²) in [5, 5.41) is 3.39. The molecule has 0 amide bonds. The Morgan fingerprint density at radius 2 is 1.76 bits per heavy atom. The fourth-order valence-electron chi connectivity index (χ4n) is 5.09. The summed E-state index contributed by atoms with van der Waals surface area (Å²) in [6.45, 7) is 4.88. The van der Waals surface area contributed by atoms with Crippen molar-refractivity contribution < 1.29 is 28.5 Å². The number of carbonyl (C=O) groups excluding carboxylic acids is 2. The second kappa shape index (κ2) is 12.1. The number of allylic oxidation sites excluding steroid dienone is 3. The third-order valence-corrected chi connectivity index (χ3v) is 6.82. The monoisotopic (exact) mass is 505 g/mol. The molecule has 196 valence electrons. The van der Waals surface area contributed by atoms with Crippen LogP contribution in [-0.4, -0.2) is 45.8 Å². The van der Waals surface area contributed by atoms with E-state index in [0.29, 0.717) is 54.4 Å². The number of nitrogens with one attached hydrogen (secondary N) is 1. The van der Waals surface area contributed by atoms with E-state index in [0.717, 1.165) is 23.2 Å². The molecule has 1 aliphatic carbocycles. The van der Waals surface area contributed by atoms with Gasteiger partial charge in [-0.25, -0.2) is 4.79 Å². The lowest BCUT2D eigenvalue weighted by Gasteiger charge is -2.36. The van der Waals surface area contributed by atoms with E-state index in [1.807, 2.05) is 50.2 Å². The van der Waals surface area contributed by atoms with Crippen molar-refractivity contribution in [3.8, 4) is 11.5 Å². The van der Waals surface area contributed by atoms with E-state index in [-0.39, 0.29) is 18.3 Å². The number of dihydropyridines is 1. The third kappa shape index (κ3) is 5.72. The molecule has 0 aromatic heterocycles. The van der Waals surface area contributed by atoms with E-state index in [1.165, 1.54) is 0 Å². The number of benzene rings is 2. The molecule has 7 nitrogen and oxygen atoms in total. The minimum absolute atomic E-state index is 0.0209. The lowest BCUT2D eigenvalue weighted by Crippen LogP contribution is -2.36. The Kier molecular flexibility index (Phi) is 8.66. The van der Waals surface area contributed by atoms with Gasteiger partial charge in [0.05, 0.1) is 25.9 Å². The van der Waals surface area contributed by atoms with Gasteiger partial charge in [-0.1, -0.05) is 43.3 Å². The van der Waals surface area contributed by atoms with Crippen LogP contribution in [0.15, 0.2) is 71.1 Å². The van der Waals surface area contributed by atoms with Crippen molar-refractivity contribution in [1.29, 1.82) is 0 Å². The number of hydrogen-bond donors (Lipinski definition) is 1. The maximum absolute atomic E-state index is 13.7. The van der Waals surface area contributed by atoms with Crippen LogP contribution in [0, 0.1) is 0 Å². The Bertz CT molecular complexity index is 1200. The van der Waals surface area contributed by atoms with Crippen LogP contribution in [0.1, 0.15) is 56.1 Å². The van der Waals surface area contributed by atoms with Gasteiger partial charge in [0.25, 0.3) is 0 Å². The van der Waals surface area contributed by atoms with Crippen molar-refractivity contribution in [2.75, 3.05) is 34.0 Å². The highest BCUT2D eigenvalue weighted by molar-refractivity contribution is 6.04. The van der Waals surface area contributed by atoms with E-state index in [2.05, 4.69) is 17.4 Å². The average molecular weight is 506 g/mol. The number of ether oxygens (including phenoxy) is 4. The van der Waals surface area contributed by atoms with E-state index in [4.69, 9.17) is 18.9 Å². The van der Waals surface area contributed by atoms with Gasteiger partial charge in [0, 0.05) is 36.4 Å². The van der Waals surface area contributed by atoms with Crippen LogP contribution in [0.2, 0.25) is 0 Å². The first kappa shape index (κ1) is 26.5. The van der Waals surface area contributed by atoms with E-state index >= 15 is 0 Å². The normalized spacial score (nSPS) is 19.3. The lowest BCUT2D eigenvalue weighted by atomic mass is 9.71. The standard InChI is InChI=1S/C30H35NO6/c1-5-13-36-25-12-11-21(18-26(25)35-4)28-27(30(33)37-15-14-34-3)19(2)31-23-16-22(17-24(32)29(23)28)20-9-7-6-8-10-20/h6-12,18,22,28,31H,5,13-17H2,1-4H3. The number of hydrogen-bond acceptors (Lipinski definition) is 7. The molecule has 37 heavy (non-hydrogen) atoms. The Balaban J connectivity index is 1.77. The van der Waals surface area contributed by atoms with Gasteiger partial charge < -0.3 is 24.3 Å². The largest absolute Gasteiger partial charge is 0.493 e. The first-order chi connectivity index (χ1) is 18.0. The third-order valence-electron chi connectivity index (χ3n) is 6.82. The van der Waals surface area contributed by atoms with Gasteiger partial charge in [0.15, 0.2) is 17.3 Å². The fraction of sp³-hybridized carbons (Fsp3) is 0.400. The van der Waals surface area contributed by atoms with Crippen LogP contribution < -0.4 is 14.8 Å². The van der Waals surface area contributed by atoms with Gasteiger partial charge in [-0.3, -0.25) is 4.79 Å². The second-order valence-electron chi connectivity index (χ2n) is 9.32. The first-order valence-corrected chi connectivity index (χ1v) is 12.7. The van der Waals surface area contributed by atoms with Gasteiger partial charge in [0.1, 0.15) is 6.61 Å². The molecular weight excluding hydrogens is 470 g/mol. The van der Waals surface area contributed by atoms with Crippen LogP contribution in [0.5, 0.6) is 11.5 Å². The lowest BCUT2D eigenvalue weighted by molar-refractivity contribution is -0.140. The molecule has 0 bridgehead atoms. The number of carbonyl (C=O) groups is 2. The van der Waals surface area contributed by atoms with Crippen molar-refractivity contribution >= 4 is 11.8 Å². The molecule has 2 aliphatic rings. The van der Waals surface area contributed by atoms with Crippen molar-refractivity contribution in [3.05, 3.63) is 82.2 Å². The van der Waals surface area contributed by atoms with Gasteiger partial charge in [-0.2, -0.15) is 0 Å². The second-order valence-corrected chi connectivity index (χ2v) is 9.32. The number of Topliss-reactive ketones (excluding diaryl/α,β-unsaturated/α-hetero) is 1. The van der Waals surface area contributed by atoms with Crippen LogP contribution >= 0.6 is 0 Å². The number of ketones is 1. The molecule has 2 unspecified atom stereocenters. The Morgan fingerprint density at radius 1 is 0.973 bits per heavy atom. The maximum atomic E-state index is 13.7. The Morgan fingerprint density at radius 3 is 2.46 bits per heavy atom. The highest BCUT2D eigenvalue weighted by Crippen LogP contribution is 2.47. The predicted molar refractivity (Wildman–Crippen MR) is 141 cm³/mol. The summed E-state index contributed by atoms with van der Waals surface area (Å²) >= 11 is 0. The summed E-state index contributed by atoms with van der Waals surface area (Å²) in [4.78, 5) is 27.1. The topological polar surface area (TPSA) is 83.1 Å². The van der Waals surface area contributed by atoms with Gasteiger partial charge >= 0.3 is 5.97 Å². The predicted octanol–water partition coefficient (Wildman–Crippen LogP) is 5.04. The van der Waals surface area contributed by atoms with Crippen molar-refractivity contribution in [2.45, 2.75) is 44.9 Å². The summed E-state index contributed by atoms with van der Waals surface area (Å²) in [6, 6.07) is 15.7. The molecule has 0 radical (unpaired) electrons. The molecule has 4 rings (SSSR count). The van der Waals surface area contributed by atoms with Crippen LogP contribution in [-0.2, 0) is 19.1 Å². The van der Waals surface area contributed by atoms with Crippen molar-refractivity contribution in [2.24, 2.45) is 0 Å². The van der Waals surface area contributed by atoms with Gasteiger partial charge in [0.2, 0.25) is 0 Å². The smallest absolute Gasteiger partial charge is 0.336 e. The quantitative estimate of drug-likeness (QED) is 0.358. The van der Waals surface area contributed by atoms with Crippen LogP contribution in [0.25, 0.3) is 0 Å². The molecule has 2 aromatic rings. The number of rotatable bonds is 10. The molecule has 1 N–H and O–H groups in total. The van der Waals surface area contributed by atoms with Gasteiger partial charge in [-0.15, -0.1) is 0 Å². The number of esters is 1. The zero-order valence-corrected chi connectivity index (χ0v) is 22.0. The zero-order chi connectivity index (χ0) is 26.4. The molecule has 0 fully saturated rings. The van der Waals surface area contributed by atoms with Crippen LogP contribution in [0.4, 0.5) is 0 Å². The molecule has 1 heterocycles. The molecule has 0 saturated carbocycles. The molecule has 7 heteroatoms. The van der Waals surface area contributed by atoms with E-state index < -0.39 is 11.9 Å². The summed E-state index contributed by atoms with van der Waals surface area (Å²) in [5.74, 6) is 0.226. The highest BCUT2D eigenvalue weighted by atomic mass is 16.6. The van der Waals surface area contributed by atoms with Crippen molar-refractivity contribution in [1.82, 2.24) is 5.32 Å². The Labute approximate surface area is 218 Å². The summed E-state index contributed by atoms with van der Waals surface area (Å²) in [5.41, 5.74) is 4.47. The Hall–Kier alpha value is -3.58. The first-order valence-electron chi connectivity index (χ1n) is 12.7. The summed E-state index contributed by atoms with van der Waals surface area (Å²) in [6.07, 6.45) is 1.92.